The Labute approximate surface area is 402 Å². The van der Waals surface area contributed by atoms with Gasteiger partial charge >= 0.3 is 369 Å². The minimum atomic E-state index is -3.23. The summed E-state index contributed by atoms with van der Waals surface area (Å²) in [6.45, 7) is 65.6. The molecule has 0 amide bonds. The number of aryl methyl sites for hydroxylation is 3. The fraction of sp³-hybridized carbons (Fsp3) is 0.542. The van der Waals surface area contributed by atoms with E-state index in [-0.39, 0.29) is 40.6 Å². The molecule has 0 aliphatic heterocycles. The van der Waals surface area contributed by atoms with Gasteiger partial charge in [-0.1, -0.05) is 0 Å². The Morgan fingerprint density at radius 1 is 0.322 bits per heavy atom. The molecule has 0 bridgehead atoms. The van der Waals surface area contributed by atoms with E-state index in [0.717, 1.165) is 0 Å². The van der Waals surface area contributed by atoms with Crippen LogP contribution in [0.25, 0.3) is 0 Å². The average Bonchev–Trinajstić information content (AvgIpc) is 3.14. The third kappa shape index (κ3) is 10.1. The Balaban J connectivity index is 0.00000580. The van der Waals surface area contributed by atoms with Crippen molar-refractivity contribution in [2.75, 3.05) is 0 Å². The Kier molecular flexibility index (Phi) is 17.7. The number of benzene rings is 3. The van der Waals surface area contributed by atoms with E-state index in [9.17, 15) is 0 Å². The van der Waals surface area contributed by atoms with Gasteiger partial charge in [0.2, 0.25) is 0 Å². The van der Waals surface area contributed by atoms with E-state index in [1.54, 1.807) is 53.4 Å². The SMILES string of the molecule is CC1=C(C)[C]([Ti+3])([Si](c2c([Si](C)(C)C)cc(C)cc2[Si](C)(C)C)(c2c([Si](C)(C)C)cc(C)cc2[Si](C)(C)C)c2c([Si](C)(C)C)cc(C)cc2[Si](C)(C)C)C(C)=C1C.[Cl-].[Cl-].[Cl-]. The molecule has 3 aromatic carbocycles. The number of rotatable bonds is 10. The number of hydrogen-bond acceptors (Lipinski definition) is 0. The van der Waals surface area contributed by atoms with Gasteiger partial charge in [-0.3, -0.25) is 0 Å². The smallest absolute Gasteiger partial charge is 1.00 e. The van der Waals surface area contributed by atoms with Crippen molar-refractivity contribution in [2.45, 2.75) is 170 Å². The van der Waals surface area contributed by atoms with Crippen LogP contribution in [0.5, 0.6) is 0 Å². The van der Waals surface area contributed by atoms with E-state index in [1.807, 2.05) is 15.6 Å². The third-order valence-corrected chi connectivity index (χ3v) is 35.4. The molecule has 0 unspecified atom stereocenters. The van der Waals surface area contributed by atoms with E-state index < -0.39 is 56.5 Å². The molecular weight excluding hydrogens is 927 g/mol. The van der Waals surface area contributed by atoms with E-state index in [1.165, 1.54) is 16.7 Å². The molecule has 4 rings (SSSR count). The largest absolute Gasteiger partial charge is 1.00 e. The molecule has 0 fully saturated rings. The van der Waals surface area contributed by atoms with Crippen molar-refractivity contribution in [3.05, 3.63) is 75.4 Å². The van der Waals surface area contributed by atoms with Gasteiger partial charge in [0, 0.05) is 0 Å². The molecular formula is C48H81Cl3Si7Ti. The van der Waals surface area contributed by atoms with Crippen LogP contribution in [0.2, 0.25) is 121 Å². The van der Waals surface area contributed by atoms with E-state index >= 15 is 0 Å². The molecule has 1 aliphatic rings. The quantitative estimate of drug-likeness (QED) is 0.203. The monoisotopic (exact) mass is 1010 g/mol. The molecule has 0 radical (unpaired) electrons. The fourth-order valence-electron chi connectivity index (χ4n) is 10.0. The topological polar surface area (TPSA) is 0 Å². The Morgan fingerprint density at radius 2 is 0.475 bits per heavy atom. The van der Waals surface area contributed by atoms with Gasteiger partial charge in [-0.05, 0) is 0 Å². The second kappa shape index (κ2) is 18.3. The molecule has 0 heterocycles. The first-order valence-electron chi connectivity index (χ1n) is 21.5. The zero-order valence-corrected chi connectivity index (χ0v) is 52.9. The van der Waals surface area contributed by atoms with Gasteiger partial charge in [-0.15, -0.1) is 0 Å². The molecule has 3 aromatic rings. The Bertz CT molecular complexity index is 1820. The van der Waals surface area contributed by atoms with Crippen LogP contribution in [0.15, 0.2) is 58.7 Å². The normalized spacial score (nSPS) is 15.6. The van der Waals surface area contributed by atoms with Crippen LogP contribution in [-0.2, 0) is 20.4 Å². The molecule has 326 valence electrons. The second-order valence-corrected chi connectivity index (χ2v) is 60.1. The summed E-state index contributed by atoms with van der Waals surface area (Å²) in [7, 11) is -15.0. The zero-order chi connectivity index (χ0) is 43.5. The molecule has 1 aliphatic carbocycles. The van der Waals surface area contributed by atoms with Gasteiger partial charge in [0.05, 0.1) is 0 Å². The molecule has 0 N–H and O–H groups in total. The van der Waals surface area contributed by atoms with Crippen LogP contribution in [0.4, 0.5) is 0 Å². The molecule has 0 nitrogen and oxygen atoms in total. The molecule has 11 heteroatoms. The first kappa shape index (κ1) is 57.3. The van der Waals surface area contributed by atoms with Crippen LogP contribution in [0.3, 0.4) is 0 Å². The fourth-order valence-corrected chi connectivity index (χ4v) is 38.4. The summed E-state index contributed by atoms with van der Waals surface area (Å²) in [5.74, 6) is 0. The first-order valence-corrected chi connectivity index (χ1v) is 45.2. The van der Waals surface area contributed by atoms with Crippen LogP contribution < -0.4 is 83.9 Å². The van der Waals surface area contributed by atoms with E-state index in [4.69, 9.17) is 0 Å². The van der Waals surface area contributed by atoms with E-state index in [2.05, 4.69) is 223 Å². The van der Waals surface area contributed by atoms with Gasteiger partial charge in [-0.25, -0.2) is 0 Å². The molecule has 59 heavy (non-hydrogen) atoms. The van der Waals surface area contributed by atoms with Gasteiger partial charge in [-0.2, -0.15) is 0 Å². The van der Waals surface area contributed by atoms with Crippen molar-refractivity contribution >= 4 is 103 Å². The van der Waals surface area contributed by atoms with Crippen molar-refractivity contribution in [3.63, 3.8) is 0 Å². The van der Waals surface area contributed by atoms with E-state index in [0.29, 0.717) is 0 Å². The third-order valence-electron chi connectivity index (χ3n) is 13.2. The number of hydrogen-bond donors (Lipinski definition) is 0. The van der Waals surface area contributed by atoms with Crippen LogP contribution in [0, 0.1) is 20.8 Å². The molecule has 0 saturated carbocycles. The Morgan fingerprint density at radius 3 is 0.610 bits per heavy atom. The van der Waals surface area contributed by atoms with Crippen molar-refractivity contribution in [2.24, 2.45) is 0 Å². The van der Waals surface area contributed by atoms with Gasteiger partial charge in [0.15, 0.2) is 0 Å². The van der Waals surface area contributed by atoms with Crippen molar-refractivity contribution < 1.29 is 57.7 Å². The van der Waals surface area contributed by atoms with Crippen LogP contribution in [0.1, 0.15) is 44.4 Å². The molecule has 0 atom stereocenters. The van der Waals surface area contributed by atoms with Crippen LogP contribution in [-0.4, -0.2) is 56.5 Å². The minimum Gasteiger partial charge on any atom is -1.00 e. The molecule has 0 aromatic heterocycles. The summed E-state index contributed by atoms with van der Waals surface area (Å²) in [5.41, 5.74) is 10.8. The Hall–Kier alpha value is 0.242. The number of allylic oxidation sites excluding steroid dienone is 4. The van der Waals surface area contributed by atoms with Crippen molar-refractivity contribution in [1.29, 1.82) is 0 Å². The van der Waals surface area contributed by atoms with Gasteiger partial charge in [0.25, 0.3) is 0 Å². The maximum Gasteiger partial charge on any atom is -1.00 e. The second-order valence-electron chi connectivity index (χ2n) is 24.2. The summed E-state index contributed by atoms with van der Waals surface area (Å²) in [5, 5.41) is 16.2. The van der Waals surface area contributed by atoms with Gasteiger partial charge < -0.3 is 37.2 Å². The predicted molar refractivity (Wildman–Crippen MR) is 276 cm³/mol. The summed E-state index contributed by atoms with van der Waals surface area (Å²) < 4.78 is -0.157. The van der Waals surface area contributed by atoms with Crippen molar-refractivity contribution in [1.82, 2.24) is 0 Å². The average molecular weight is 1010 g/mol. The zero-order valence-electron chi connectivity index (χ0n) is 42.1. The standard InChI is InChI=1S/C48H81Si7.3ClH.Ti/c1-32-26-39(49(8,9)10)46(40(27-32)50(11,12)13)55(45-37(6)35(4)36(5)38(45)7,47-41(51(14,15)16)28-33(2)29-42(47)52(17,18)19)48-43(53(20,21)22)30-34(3)31-44(48)54(23,24)25;;;;/h26-31H,1-25H3;3*1H;/q;;;;+3/p-3. The minimum absolute atomic E-state index is 0. The summed E-state index contributed by atoms with van der Waals surface area (Å²) in [6.07, 6.45) is 0. The molecule has 0 spiro atoms. The number of halogens is 3. The summed E-state index contributed by atoms with van der Waals surface area (Å²) >= 11 is 2.83. The first-order chi connectivity index (χ1) is 24.9. The van der Waals surface area contributed by atoms with Crippen LogP contribution >= 0.6 is 0 Å². The summed E-state index contributed by atoms with van der Waals surface area (Å²) in [6, 6.07) is 16.5. The maximum absolute atomic E-state index is 3.23. The summed E-state index contributed by atoms with van der Waals surface area (Å²) in [4.78, 5) is 0. The van der Waals surface area contributed by atoms with Crippen molar-refractivity contribution in [3.8, 4) is 0 Å². The maximum atomic E-state index is 2.83. The van der Waals surface area contributed by atoms with Gasteiger partial charge in [0.1, 0.15) is 0 Å². The molecule has 0 saturated heterocycles. The predicted octanol–water partition coefficient (Wildman–Crippen LogP) is 0.296.